The third kappa shape index (κ3) is 6.64. The van der Waals surface area contributed by atoms with Crippen molar-refractivity contribution < 1.29 is 22.9 Å². The molecular formula is C28H27ClF3N3O3. The Kier molecular flexibility index (Phi) is 8.56. The molecule has 0 aliphatic heterocycles. The topological polar surface area (TPSA) is 75.5 Å². The molecule has 1 amide bonds. The average Bonchev–Trinajstić information content (AvgIpc) is 2.90. The number of alkyl halides is 3. The second-order valence-electron chi connectivity index (χ2n) is 9.37. The van der Waals surface area contributed by atoms with Crippen LogP contribution in [-0.2, 0) is 17.5 Å². The third-order valence-corrected chi connectivity index (χ3v) is 6.95. The zero-order chi connectivity index (χ0) is 27.3. The van der Waals surface area contributed by atoms with E-state index in [1.807, 2.05) is 0 Å². The van der Waals surface area contributed by atoms with Crippen molar-refractivity contribution in [2.45, 2.75) is 56.9 Å². The molecule has 0 heterocycles. The lowest BCUT2D eigenvalue weighted by Gasteiger charge is -2.35. The molecule has 3 aromatic rings. The molecule has 0 bridgehead atoms. The standard InChI is InChI=1S/C28H27ClF3N3O3/c29-22-15-13-19(14-16-22)18-34(24-11-4-5-12-25(24)35(37)38)26(27(36)33-23-9-2-1-3-10-23)20-7-6-8-21(17-20)28(30,31)32/h4-8,11-17,23,26H,1-3,9-10,18H2,(H,33,36). The first-order chi connectivity index (χ1) is 18.1. The van der Waals surface area contributed by atoms with E-state index in [0.717, 1.165) is 44.2 Å². The highest BCUT2D eigenvalue weighted by Crippen LogP contribution is 2.38. The molecule has 0 aromatic heterocycles. The minimum absolute atomic E-state index is 0.0149. The number of nitrogens with one attached hydrogen (secondary N) is 1. The zero-order valence-corrected chi connectivity index (χ0v) is 21.2. The summed E-state index contributed by atoms with van der Waals surface area (Å²) < 4.78 is 41.0. The first kappa shape index (κ1) is 27.4. The lowest BCUT2D eigenvalue weighted by molar-refractivity contribution is -0.384. The summed E-state index contributed by atoms with van der Waals surface area (Å²) in [6.45, 7) is 0.0149. The number of nitro benzene ring substituents is 1. The van der Waals surface area contributed by atoms with Gasteiger partial charge in [0.1, 0.15) is 11.7 Å². The molecule has 6 nitrogen and oxygen atoms in total. The predicted octanol–water partition coefficient (Wildman–Crippen LogP) is 7.46. The zero-order valence-electron chi connectivity index (χ0n) is 20.5. The van der Waals surface area contributed by atoms with Crippen molar-refractivity contribution in [2.24, 2.45) is 0 Å². The molecule has 10 heteroatoms. The quantitative estimate of drug-likeness (QED) is 0.235. The number of amides is 1. The van der Waals surface area contributed by atoms with Gasteiger partial charge in [0.05, 0.1) is 10.5 Å². The fourth-order valence-electron chi connectivity index (χ4n) is 4.85. The van der Waals surface area contributed by atoms with Gasteiger partial charge >= 0.3 is 6.18 Å². The fourth-order valence-corrected chi connectivity index (χ4v) is 4.97. The van der Waals surface area contributed by atoms with Gasteiger partial charge < -0.3 is 10.2 Å². The Bertz CT molecular complexity index is 1280. The second kappa shape index (κ2) is 11.9. The summed E-state index contributed by atoms with van der Waals surface area (Å²) in [5, 5.41) is 15.5. The number of hydrogen-bond acceptors (Lipinski definition) is 4. The number of nitro groups is 1. The van der Waals surface area contributed by atoms with E-state index in [9.17, 15) is 28.1 Å². The highest BCUT2D eigenvalue weighted by atomic mass is 35.5. The van der Waals surface area contributed by atoms with Crippen LogP contribution in [0.3, 0.4) is 0 Å². The summed E-state index contributed by atoms with van der Waals surface area (Å²) in [7, 11) is 0. The Morgan fingerprint density at radius 2 is 1.71 bits per heavy atom. The van der Waals surface area contributed by atoms with Crippen molar-refractivity contribution in [1.82, 2.24) is 5.32 Å². The summed E-state index contributed by atoms with van der Waals surface area (Å²) >= 11 is 6.04. The van der Waals surface area contributed by atoms with Gasteiger partial charge in [-0.15, -0.1) is 0 Å². The van der Waals surface area contributed by atoms with E-state index in [0.29, 0.717) is 10.6 Å². The molecule has 1 saturated carbocycles. The molecule has 3 aromatic carbocycles. The van der Waals surface area contributed by atoms with Crippen LogP contribution in [0.5, 0.6) is 0 Å². The summed E-state index contributed by atoms with van der Waals surface area (Å²) in [6.07, 6.45) is -0.147. The minimum atomic E-state index is -4.62. The van der Waals surface area contributed by atoms with E-state index >= 15 is 0 Å². The number of rotatable bonds is 8. The smallest absolute Gasteiger partial charge is 0.351 e. The molecule has 4 rings (SSSR count). The Labute approximate surface area is 223 Å². The monoisotopic (exact) mass is 545 g/mol. The predicted molar refractivity (Wildman–Crippen MR) is 140 cm³/mol. The van der Waals surface area contributed by atoms with Crippen molar-refractivity contribution in [3.05, 3.63) is 105 Å². The molecule has 1 unspecified atom stereocenters. The fraction of sp³-hybridized carbons (Fsp3) is 0.321. The van der Waals surface area contributed by atoms with Crippen molar-refractivity contribution >= 4 is 28.9 Å². The van der Waals surface area contributed by atoms with Crippen LogP contribution < -0.4 is 10.2 Å². The van der Waals surface area contributed by atoms with Crippen LogP contribution in [0, 0.1) is 10.1 Å². The van der Waals surface area contributed by atoms with E-state index in [2.05, 4.69) is 5.32 Å². The van der Waals surface area contributed by atoms with Crippen LogP contribution in [-0.4, -0.2) is 16.9 Å². The van der Waals surface area contributed by atoms with Crippen molar-refractivity contribution in [3.8, 4) is 0 Å². The SMILES string of the molecule is O=C(NC1CCCCC1)C(c1cccc(C(F)(F)F)c1)N(Cc1ccc(Cl)cc1)c1ccccc1[N+](=O)[O-]. The van der Waals surface area contributed by atoms with E-state index in [1.165, 1.54) is 35.2 Å². The molecule has 200 valence electrons. The highest BCUT2D eigenvalue weighted by molar-refractivity contribution is 6.30. The maximum Gasteiger partial charge on any atom is 0.416 e. The molecule has 1 N–H and O–H groups in total. The number of carbonyl (C=O) groups is 1. The second-order valence-corrected chi connectivity index (χ2v) is 9.81. The van der Waals surface area contributed by atoms with Gasteiger partial charge in [0.25, 0.3) is 5.69 Å². The van der Waals surface area contributed by atoms with Gasteiger partial charge in [0.2, 0.25) is 5.91 Å². The molecule has 0 saturated heterocycles. The van der Waals surface area contributed by atoms with Gasteiger partial charge in [-0.3, -0.25) is 14.9 Å². The molecule has 0 radical (unpaired) electrons. The van der Waals surface area contributed by atoms with Crippen LogP contribution in [0.1, 0.15) is 54.8 Å². The molecule has 1 aliphatic rings. The summed E-state index contributed by atoms with van der Waals surface area (Å²) in [5.41, 5.74) is -0.285. The Morgan fingerprint density at radius 1 is 1.03 bits per heavy atom. The van der Waals surface area contributed by atoms with E-state index in [-0.39, 0.29) is 29.5 Å². The minimum Gasteiger partial charge on any atom is -0.351 e. The summed E-state index contributed by atoms with van der Waals surface area (Å²) in [5.74, 6) is -0.511. The number of para-hydroxylation sites is 2. The number of benzene rings is 3. The lowest BCUT2D eigenvalue weighted by Crippen LogP contribution is -2.45. The van der Waals surface area contributed by atoms with Crippen molar-refractivity contribution in [1.29, 1.82) is 0 Å². The first-order valence-electron chi connectivity index (χ1n) is 12.4. The number of carbonyl (C=O) groups excluding carboxylic acids is 1. The Hall–Kier alpha value is -3.59. The van der Waals surface area contributed by atoms with E-state index in [1.54, 1.807) is 30.3 Å². The molecule has 0 spiro atoms. The summed E-state index contributed by atoms with van der Waals surface area (Å²) in [4.78, 5) is 26.8. The maximum absolute atomic E-state index is 13.9. The molecule has 1 aliphatic carbocycles. The van der Waals surface area contributed by atoms with Gasteiger partial charge in [-0.2, -0.15) is 13.2 Å². The average molecular weight is 546 g/mol. The van der Waals surface area contributed by atoms with Gasteiger partial charge in [-0.1, -0.05) is 67.3 Å². The van der Waals surface area contributed by atoms with Gasteiger partial charge in [0.15, 0.2) is 0 Å². The van der Waals surface area contributed by atoms with Gasteiger partial charge in [0, 0.05) is 23.7 Å². The van der Waals surface area contributed by atoms with Crippen LogP contribution in [0.2, 0.25) is 5.02 Å². The number of halogens is 4. The Morgan fingerprint density at radius 3 is 2.37 bits per heavy atom. The summed E-state index contributed by atoms with van der Waals surface area (Å²) in [6, 6.07) is 15.8. The van der Waals surface area contributed by atoms with Crippen LogP contribution in [0.25, 0.3) is 0 Å². The van der Waals surface area contributed by atoms with Gasteiger partial charge in [-0.05, 0) is 54.3 Å². The van der Waals surface area contributed by atoms with Gasteiger partial charge in [-0.25, -0.2) is 0 Å². The number of nitrogens with zero attached hydrogens (tertiary/aromatic N) is 2. The normalized spacial score (nSPS) is 15.1. The van der Waals surface area contributed by atoms with Crippen molar-refractivity contribution in [2.75, 3.05) is 4.90 Å². The molecular weight excluding hydrogens is 519 g/mol. The first-order valence-corrected chi connectivity index (χ1v) is 12.7. The van der Waals surface area contributed by atoms with Crippen LogP contribution in [0.15, 0.2) is 72.8 Å². The van der Waals surface area contributed by atoms with E-state index < -0.39 is 28.6 Å². The lowest BCUT2D eigenvalue weighted by atomic mass is 9.94. The van der Waals surface area contributed by atoms with E-state index in [4.69, 9.17) is 11.6 Å². The third-order valence-electron chi connectivity index (χ3n) is 6.70. The van der Waals surface area contributed by atoms with Crippen LogP contribution in [0.4, 0.5) is 24.5 Å². The van der Waals surface area contributed by atoms with Crippen LogP contribution >= 0.6 is 11.6 Å². The largest absolute Gasteiger partial charge is 0.416 e. The Balaban J connectivity index is 1.86. The number of anilines is 1. The maximum atomic E-state index is 13.9. The number of hydrogen-bond donors (Lipinski definition) is 1. The van der Waals surface area contributed by atoms with Crippen molar-refractivity contribution in [3.63, 3.8) is 0 Å². The molecule has 38 heavy (non-hydrogen) atoms. The molecule has 1 fully saturated rings. The highest BCUT2D eigenvalue weighted by Gasteiger charge is 2.36. The molecule has 1 atom stereocenters.